The lowest BCUT2D eigenvalue weighted by Gasteiger charge is -2.17. The van der Waals surface area contributed by atoms with Gasteiger partial charge >= 0.3 is 11.9 Å². The maximum atomic E-state index is 11.9. The predicted molar refractivity (Wildman–Crippen MR) is 68.6 cm³/mol. The second-order valence-electron chi connectivity index (χ2n) is 4.90. The lowest BCUT2D eigenvalue weighted by molar-refractivity contribution is -0.142. The van der Waals surface area contributed by atoms with E-state index in [-0.39, 0.29) is 23.8 Å². The maximum Gasteiger partial charge on any atom is 0.339 e. The Labute approximate surface area is 116 Å². The molecule has 6 heteroatoms. The van der Waals surface area contributed by atoms with Crippen LogP contribution >= 0.6 is 0 Å². The summed E-state index contributed by atoms with van der Waals surface area (Å²) < 4.78 is 15.9. The van der Waals surface area contributed by atoms with Crippen LogP contribution in [0.3, 0.4) is 0 Å². The van der Waals surface area contributed by atoms with Gasteiger partial charge in [0, 0.05) is 0 Å². The van der Waals surface area contributed by atoms with Gasteiger partial charge in [0.05, 0.1) is 17.7 Å². The molecule has 1 aliphatic heterocycles. The summed E-state index contributed by atoms with van der Waals surface area (Å²) in [6.07, 6.45) is -0.342. The quantitative estimate of drug-likeness (QED) is 0.845. The maximum absolute atomic E-state index is 11.9. The molecule has 1 unspecified atom stereocenters. The van der Waals surface area contributed by atoms with Crippen molar-refractivity contribution in [2.75, 3.05) is 13.2 Å². The number of esters is 1. The Balaban J connectivity index is 1.98. The highest BCUT2D eigenvalue weighted by molar-refractivity contribution is 6.02. The molecular formula is C14H16O6. The number of benzene rings is 1. The van der Waals surface area contributed by atoms with Gasteiger partial charge in [0.15, 0.2) is 5.79 Å². The summed E-state index contributed by atoms with van der Waals surface area (Å²) in [5.74, 6) is -2.54. The molecule has 0 aromatic heterocycles. The van der Waals surface area contributed by atoms with Gasteiger partial charge in [-0.2, -0.15) is 0 Å². The van der Waals surface area contributed by atoms with E-state index in [4.69, 9.17) is 19.3 Å². The number of rotatable bonds is 4. The van der Waals surface area contributed by atoms with Crippen LogP contribution in [0.25, 0.3) is 0 Å². The summed E-state index contributed by atoms with van der Waals surface area (Å²) in [5, 5.41) is 9.01. The number of carbonyl (C=O) groups excluding carboxylic acids is 1. The summed E-state index contributed by atoms with van der Waals surface area (Å²) >= 11 is 0. The third-order valence-corrected chi connectivity index (χ3v) is 2.85. The number of carboxylic acids is 1. The first-order valence-corrected chi connectivity index (χ1v) is 6.20. The van der Waals surface area contributed by atoms with E-state index >= 15 is 0 Å². The fourth-order valence-electron chi connectivity index (χ4n) is 1.94. The van der Waals surface area contributed by atoms with Crippen LogP contribution in [0.5, 0.6) is 0 Å². The molecule has 1 heterocycles. The number of carbonyl (C=O) groups is 2. The van der Waals surface area contributed by atoms with E-state index in [1.54, 1.807) is 26.0 Å². The Hall–Kier alpha value is -1.92. The molecule has 1 atom stereocenters. The molecule has 20 heavy (non-hydrogen) atoms. The van der Waals surface area contributed by atoms with E-state index in [0.717, 1.165) is 0 Å². The van der Waals surface area contributed by atoms with E-state index in [9.17, 15) is 9.59 Å². The molecule has 2 rings (SSSR count). The van der Waals surface area contributed by atoms with Crippen molar-refractivity contribution in [1.29, 1.82) is 0 Å². The van der Waals surface area contributed by atoms with Gasteiger partial charge in [-0.15, -0.1) is 0 Å². The second-order valence-corrected chi connectivity index (χ2v) is 4.90. The van der Waals surface area contributed by atoms with E-state index in [1.807, 2.05) is 0 Å². The molecule has 108 valence electrons. The van der Waals surface area contributed by atoms with Gasteiger partial charge in [0.2, 0.25) is 0 Å². The first-order chi connectivity index (χ1) is 9.39. The van der Waals surface area contributed by atoms with Crippen LogP contribution in [-0.4, -0.2) is 42.1 Å². The van der Waals surface area contributed by atoms with Crippen molar-refractivity contribution >= 4 is 11.9 Å². The van der Waals surface area contributed by atoms with Crippen LogP contribution < -0.4 is 0 Å². The third kappa shape index (κ3) is 3.34. The Kier molecular flexibility index (Phi) is 4.06. The highest BCUT2D eigenvalue weighted by Crippen LogP contribution is 2.22. The van der Waals surface area contributed by atoms with Crippen LogP contribution in [-0.2, 0) is 14.2 Å². The van der Waals surface area contributed by atoms with Crippen molar-refractivity contribution in [2.24, 2.45) is 0 Å². The van der Waals surface area contributed by atoms with Crippen LogP contribution in [0.15, 0.2) is 24.3 Å². The normalized spacial score (nSPS) is 20.6. The summed E-state index contributed by atoms with van der Waals surface area (Å²) in [6, 6.07) is 5.91. The molecule has 0 spiro atoms. The van der Waals surface area contributed by atoms with Gasteiger partial charge in [-0.05, 0) is 26.0 Å². The molecule has 6 nitrogen and oxygen atoms in total. The molecule has 0 amide bonds. The molecule has 0 bridgehead atoms. The molecule has 0 radical (unpaired) electrons. The first kappa shape index (κ1) is 14.5. The molecule has 1 fully saturated rings. The Bertz CT molecular complexity index is 522. The van der Waals surface area contributed by atoms with Crippen molar-refractivity contribution in [2.45, 2.75) is 25.7 Å². The number of aromatic carboxylic acids is 1. The van der Waals surface area contributed by atoms with E-state index in [0.29, 0.717) is 6.61 Å². The summed E-state index contributed by atoms with van der Waals surface area (Å²) in [6.45, 7) is 3.90. The number of carboxylic acid groups (broad SMARTS) is 1. The zero-order valence-corrected chi connectivity index (χ0v) is 11.3. The Morgan fingerprint density at radius 2 is 2.00 bits per heavy atom. The molecular weight excluding hydrogens is 264 g/mol. The molecule has 0 aliphatic carbocycles. The molecule has 1 aromatic carbocycles. The van der Waals surface area contributed by atoms with Crippen molar-refractivity contribution in [3.8, 4) is 0 Å². The summed E-state index contributed by atoms with van der Waals surface area (Å²) in [4.78, 5) is 22.9. The van der Waals surface area contributed by atoms with Crippen LogP contribution in [0.4, 0.5) is 0 Å². The third-order valence-electron chi connectivity index (χ3n) is 2.85. The number of hydrogen-bond donors (Lipinski definition) is 1. The van der Waals surface area contributed by atoms with Crippen LogP contribution in [0.2, 0.25) is 0 Å². The Morgan fingerprint density at radius 1 is 1.35 bits per heavy atom. The second kappa shape index (κ2) is 5.60. The van der Waals surface area contributed by atoms with Gasteiger partial charge in [-0.25, -0.2) is 9.59 Å². The van der Waals surface area contributed by atoms with E-state index in [2.05, 4.69) is 0 Å². The van der Waals surface area contributed by atoms with Crippen molar-refractivity contribution in [3.63, 3.8) is 0 Å². The van der Waals surface area contributed by atoms with Gasteiger partial charge in [-0.3, -0.25) is 0 Å². The summed E-state index contributed by atoms with van der Waals surface area (Å²) in [5.41, 5.74) is -0.0559. The Morgan fingerprint density at radius 3 is 2.55 bits per heavy atom. The topological polar surface area (TPSA) is 82.1 Å². The molecule has 0 saturated carbocycles. The summed E-state index contributed by atoms with van der Waals surface area (Å²) in [7, 11) is 0. The van der Waals surface area contributed by atoms with Crippen LogP contribution in [0, 0.1) is 0 Å². The van der Waals surface area contributed by atoms with E-state index < -0.39 is 17.7 Å². The lowest BCUT2D eigenvalue weighted by Crippen LogP contribution is -2.25. The molecule has 1 N–H and O–H groups in total. The van der Waals surface area contributed by atoms with E-state index in [1.165, 1.54) is 12.1 Å². The van der Waals surface area contributed by atoms with Crippen LogP contribution in [0.1, 0.15) is 34.6 Å². The number of ether oxygens (including phenoxy) is 3. The zero-order valence-electron chi connectivity index (χ0n) is 11.3. The van der Waals surface area contributed by atoms with Crippen molar-refractivity contribution < 1.29 is 28.9 Å². The van der Waals surface area contributed by atoms with Gasteiger partial charge < -0.3 is 19.3 Å². The minimum absolute atomic E-state index is 0.0240. The van der Waals surface area contributed by atoms with Gasteiger partial charge in [0.25, 0.3) is 0 Å². The van der Waals surface area contributed by atoms with Gasteiger partial charge in [-0.1, -0.05) is 12.1 Å². The highest BCUT2D eigenvalue weighted by Gasteiger charge is 2.33. The zero-order chi connectivity index (χ0) is 14.8. The predicted octanol–water partition coefficient (Wildman–Crippen LogP) is 1.69. The average molecular weight is 280 g/mol. The number of hydrogen-bond acceptors (Lipinski definition) is 5. The SMILES string of the molecule is CC1(C)OCC(COC(=O)c2ccccc2C(=O)O)O1. The minimum atomic E-state index is -1.17. The van der Waals surface area contributed by atoms with Crippen molar-refractivity contribution in [1.82, 2.24) is 0 Å². The highest BCUT2D eigenvalue weighted by atomic mass is 16.7. The monoisotopic (exact) mass is 280 g/mol. The fraction of sp³-hybridized carbons (Fsp3) is 0.429. The molecule has 1 saturated heterocycles. The fourth-order valence-corrected chi connectivity index (χ4v) is 1.94. The largest absolute Gasteiger partial charge is 0.478 e. The first-order valence-electron chi connectivity index (χ1n) is 6.20. The van der Waals surface area contributed by atoms with Gasteiger partial charge in [0.1, 0.15) is 12.7 Å². The van der Waals surface area contributed by atoms with Crippen molar-refractivity contribution in [3.05, 3.63) is 35.4 Å². The molecule has 1 aliphatic rings. The lowest BCUT2D eigenvalue weighted by atomic mass is 10.1. The smallest absolute Gasteiger partial charge is 0.339 e. The minimum Gasteiger partial charge on any atom is -0.478 e. The average Bonchev–Trinajstić information content (AvgIpc) is 2.75. The molecule has 1 aromatic rings. The standard InChI is InChI=1S/C14H16O6/c1-14(2)19-8-9(20-14)7-18-13(17)11-6-4-3-5-10(11)12(15)16/h3-6,9H,7-8H2,1-2H3,(H,15,16).